The summed E-state index contributed by atoms with van der Waals surface area (Å²) < 4.78 is 13.0. The highest BCUT2D eigenvalue weighted by Gasteiger charge is 2.13. The number of anilines is 1. The molecule has 0 unspecified atom stereocenters. The maximum absolute atomic E-state index is 13.0. The number of nitrogen functional groups attached to an aromatic ring is 1. The van der Waals surface area contributed by atoms with Gasteiger partial charge in [0.25, 0.3) is 0 Å². The summed E-state index contributed by atoms with van der Waals surface area (Å²) in [7, 11) is 0. The third-order valence-corrected chi connectivity index (χ3v) is 2.97. The highest BCUT2D eigenvalue weighted by atomic mass is 35.5. The second-order valence-electron chi connectivity index (χ2n) is 4.03. The second kappa shape index (κ2) is 4.78. The summed E-state index contributed by atoms with van der Waals surface area (Å²) in [5, 5.41) is -0.0612. The van der Waals surface area contributed by atoms with Gasteiger partial charge in [-0.25, -0.2) is 4.39 Å². The number of carbonyl (C=O) groups excluding carboxylic acids is 1. The van der Waals surface area contributed by atoms with Crippen molar-refractivity contribution >= 4 is 23.1 Å². The number of ketones is 1. The van der Waals surface area contributed by atoms with Gasteiger partial charge in [0.15, 0.2) is 5.78 Å². The van der Waals surface area contributed by atoms with Crippen molar-refractivity contribution in [2.45, 2.75) is 6.92 Å². The van der Waals surface area contributed by atoms with Gasteiger partial charge in [-0.2, -0.15) is 0 Å². The third-order valence-electron chi connectivity index (χ3n) is 2.68. The van der Waals surface area contributed by atoms with E-state index in [-0.39, 0.29) is 10.8 Å². The van der Waals surface area contributed by atoms with Crippen molar-refractivity contribution < 1.29 is 9.18 Å². The van der Waals surface area contributed by atoms with E-state index in [0.29, 0.717) is 16.8 Å². The van der Waals surface area contributed by atoms with Gasteiger partial charge in [-0.1, -0.05) is 11.6 Å². The van der Waals surface area contributed by atoms with Gasteiger partial charge in [0.1, 0.15) is 5.82 Å². The lowest BCUT2D eigenvalue weighted by molar-refractivity contribution is 0.103. The van der Waals surface area contributed by atoms with Crippen LogP contribution in [0.15, 0.2) is 36.4 Å². The average Bonchev–Trinajstić information content (AvgIpc) is 2.32. The number of carbonyl (C=O) groups is 1. The number of halogens is 2. The van der Waals surface area contributed by atoms with E-state index in [4.69, 9.17) is 17.3 Å². The lowest BCUT2D eigenvalue weighted by Crippen LogP contribution is -2.04. The Balaban J connectivity index is 2.44. The molecule has 2 aromatic rings. The van der Waals surface area contributed by atoms with Crippen molar-refractivity contribution in [2.75, 3.05) is 5.73 Å². The first-order valence-corrected chi connectivity index (χ1v) is 5.72. The van der Waals surface area contributed by atoms with Crippen LogP contribution in [0, 0.1) is 12.7 Å². The summed E-state index contributed by atoms with van der Waals surface area (Å²) in [6.07, 6.45) is 0. The van der Waals surface area contributed by atoms with Gasteiger partial charge in [0, 0.05) is 16.8 Å². The van der Waals surface area contributed by atoms with Crippen molar-refractivity contribution in [3.8, 4) is 0 Å². The van der Waals surface area contributed by atoms with Crippen molar-refractivity contribution in [3.05, 3.63) is 63.9 Å². The second-order valence-corrected chi connectivity index (χ2v) is 4.44. The molecule has 2 rings (SSSR count). The molecule has 0 saturated heterocycles. The summed E-state index contributed by atoms with van der Waals surface area (Å²) in [4.78, 5) is 12.2. The maximum Gasteiger partial charge on any atom is 0.193 e. The molecule has 0 spiro atoms. The first-order chi connectivity index (χ1) is 8.49. The first kappa shape index (κ1) is 12.6. The summed E-state index contributed by atoms with van der Waals surface area (Å²) in [5.74, 6) is -0.739. The molecule has 0 aliphatic rings. The molecule has 4 heteroatoms. The van der Waals surface area contributed by atoms with E-state index in [1.54, 1.807) is 25.1 Å². The summed E-state index contributed by atoms with van der Waals surface area (Å²) >= 11 is 5.66. The zero-order chi connectivity index (χ0) is 13.3. The Morgan fingerprint density at radius 2 is 1.94 bits per heavy atom. The van der Waals surface area contributed by atoms with Crippen molar-refractivity contribution in [1.29, 1.82) is 0 Å². The molecule has 18 heavy (non-hydrogen) atoms. The summed E-state index contributed by atoms with van der Waals surface area (Å²) in [5.41, 5.74) is 7.89. The van der Waals surface area contributed by atoms with Crippen LogP contribution in [0.5, 0.6) is 0 Å². The van der Waals surface area contributed by atoms with Crippen LogP contribution in [0.4, 0.5) is 10.1 Å². The Bertz CT molecular complexity index is 625. The van der Waals surface area contributed by atoms with Crippen LogP contribution in [0.25, 0.3) is 0 Å². The van der Waals surface area contributed by atoms with E-state index in [2.05, 4.69) is 0 Å². The van der Waals surface area contributed by atoms with Gasteiger partial charge in [-0.3, -0.25) is 4.79 Å². The Labute approximate surface area is 109 Å². The summed E-state index contributed by atoms with van der Waals surface area (Å²) in [6.45, 7) is 1.80. The van der Waals surface area contributed by atoms with E-state index in [1.165, 1.54) is 18.2 Å². The zero-order valence-electron chi connectivity index (χ0n) is 9.71. The van der Waals surface area contributed by atoms with Crippen molar-refractivity contribution in [2.24, 2.45) is 0 Å². The third kappa shape index (κ3) is 2.36. The van der Waals surface area contributed by atoms with Gasteiger partial charge in [0.05, 0.1) is 5.02 Å². The molecular formula is C14H11ClFNO. The van der Waals surface area contributed by atoms with Gasteiger partial charge < -0.3 is 5.73 Å². The fraction of sp³-hybridized carbons (Fsp3) is 0.0714. The first-order valence-electron chi connectivity index (χ1n) is 5.35. The molecule has 0 amide bonds. The Hall–Kier alpha value is -1.87. The molecule has 0 fully saturated rings. The lowest BCUT2D eigenvalue weighted by atomic mass is 9.99. The van der Waals surface area contributed by atoms with Crippen LogP contribution < -0.4 is 5.73 Å². The van der Waals surface area contributed by atoms with Crippen molar-refractivity contribution in [1.82, 2.24) is 0 Å². The maximum atomic E-state index is 13.0. The Kier molecular flexibility index (Phi) is 3.34. The monoisotopic (exact) mass is 263 g/mol. The number of hydrogen-bond acceptors (Lipinski definition) is 2. The van der Waals surface area contributed by atoms with Crippen LogP contribution in [-0.4, -0.2) is 5.78 Å². The molecule has 0 aliphatic heterocycles. The standard InChI is InChI=1S/C14H11ClFNO/c1-8-6-10(17)3-4-11(8)14(18)9-2-5-13(16)12(15)7-9/h2-7H,17H2,1H3. The van der Waals surface area contributed by atoms with Crippen LogP contribution in [-0.2, 0) is 0 Å². The molecule has 0 heterocycles. The largest absolute Gasteiger partial charge is 0.399 e. The number of nitrogens with two attached hydrogens (primary N) is 1. The molecule has 2 N–H and O–H groups in total. The van der Waals surface area contributed by atoms with Crippen molar-refractivity contribution in [3.63, 3.8) is 0 Å². The molecule has 0 saturated carbocycles. The minimum absolute atomic E-state index is 0.0612. The molecule has 0 aliphatic carbocycles. The van der Waals surface area contributed by atoms with Gasteiger partial charge in [0.2, 0.25) is 0 Å². The quantitative estimate of drug-likeness (QED) is 0.664. The minimum atomic E-state index is -0.540. The van der Waals surface area contributed by atoms with Crippen LogP contribution in [0.1, 0.15) is 21.5 Å². The highest BCUT2D eigenvalue weighted by molar-refractivity contribution is 6.31. The molecule has 0 atom stereocenters. The van der Waals surface area contributed by atoms with E-state index in [0.717, 1.165) is 5.56 Å². The van der Waals surface area contributed by atoms with Gasteiger partial charge in [-0.05, 0) is 48.9 Å². The SMILES string of the molecule is Cc1cc(N)ccc1C(=O)c1ccc(F)c(Cl)c1. The predicted molar refractivity (Wildman–Crippen MR) is 70.4 cm³/mol. The average molecular weight is 264 g/mol. The van der Waals surface area contributed by atoms with Gasteiger partial charge in [-0.15, -0.1) is 0 Å². The van der Waals surface area contributed by atoms with E-state index in [9.17, 15) is 9.18 Å². The fourth-order valence-corrected chi connectivity index (χ4v) is 1.92. The lowest BCUT2D eigenvalue weighted by Gasteiger charge is -2.06. The number of hydrogen-bond donors (Lipinski definition) is 1. The molecule has 2 nitrogen and oxygen atoms in total. The van der Waals surface area contributed by atoms with E-state index < -0.39 is 5.82 Å². The highest BCUT2D eigenvalue weighted by Crippen LogP contribution is 2.21. The Morgan fingerprint density at radius 1 is 1.22 bits per heavy atom. The number of benzene rings is 2. The zero-order valence-corrected chi connectivity index (χ0v) is 10.5. The summed E-state index contributed by atoms with van der Waals surface area (Å²) in [6, 6.07) is 8.96. The number of aryl methyl sites for hydroxylation is 1. The molecule has 0 aromatic heterocycles. The molecule has 92 valence electrons. The van der Waals surface area contributed by atoms with Crippen LogP contribution >= 0.6 is 11.6 Å². The number of rotatable bonds is 2. The van der Waals surface area contributed by atoms with E-state index >= 15 is 0 Å². The molecular weight excluding hydrogens is 253 g/mol. The Morgan fingerprint density at radius 3 is 2.56 bits per heavy atom. The smallest absolute Gasteiger partial charge is 0.193 e. The van der Waals surface area contributed by atoms with Gasteiger partial charge >= 0.3 is 0 Å². The normalized spacial score (nSPS) is 10.4. The molecule has 0 bridgehead atoms. The van der Waals surface area contributed by atoms with E-state index in [1.807, 2.05) is 0 Å². The minimum Gasteiger partial charge on any atom is -0.399 e. The van der Waals surface area contributed by atoms with Crippen LogP contribution in [0.2, 0.25) is 5.02 Å². The van der Waals surface area contributed by atoms with Crippen LogP contribution in [0.3, 0.4) is 0 Å². The molecule has 2 aromatic carbocycles. The predicted octanol–water partition coefficient (Wildman–Crippen LogP) is 3.60. The molecule has 0 radical (unpaired) electrons. The topological polar surface area (TPSA) is 43.1 Å². The fourth-order valence-electron chi connectivity index (χ4n) is 1.73.